The first-order chi connectivity index (χ1) is 10.9. The largest absolute Gasteiger partial charge is 0.416 e. The predicted octanol–water partition coefficient (Wildman–Crippen LogP) is 2.88. The lowest BCUT2D eigenvalue weighted by atomic mass is 10.2. The summed E-state index contributed by atoms with van der Waals surface area (Å²) in [7, 11) is 0. The standard InChI is InChI=1S/C14H12F3N5O/c15-14(16,17)10-1-3-12(4-2-10)21-9-11(7-19-21)20-13-8-18-5-6-22(13)23/h1-5,7-9,20,23H,6H2. The molecule has 0 atom stereocenters. The second-order valence-electron chi connectivity index (χ2n) is 4.77. The summed E-state index contributed by atoms with van der Waals surface area (Å²) < 4.78 is 39.1. The third kappa shape index (κ3) is 3.34. The average Bonchev–Trinajstić information content (AvgIpc) is 2.97. The van der Waals surface area contributed by atoms with Crippen molar-refractivity contribution in [3.63, 3.8) is 0 Å². The number of hydroxylamine groups is 2. The number of hydrogen-bond acceptors (Lipinski definition) is 5. The van der Waals surface area contributed by atoms with E-state index < -0.39 is 11.7 Å². The van der Waals surface area contributed by atoms with Gasteiger partial charge in [-0.05, 0) is 24.3 Å². The number of anilines is 1. The summed E-state index contributed by atoms with van der Waals surface area (Å²) in [5.74, 6) is 0.375. The van der Waals surface area contributed by atoms with Crippen LogP contribution >= 0.6 is 0 Å². The van der Waals surface area contributed by atoms with E-state index in [1.165, 1.54) is 35.4 Å². The Hall–Kier alpha value is -2.81. The van der Waals surface area contributed by atoms with Gasteiger partial charge in [0.25, 0.3) is 0 Å². The maximum atomic E-state index is 12.5. The first kappa shape index (κ1) is 15.1. The van der Waals surface area contributed by atoms with Gasteiger partial charge >= 0.3 is 6.18 Å². The topological polar surface area (TPSA) is 65.7 Å². The Morgan fingerprint density at radius 3 is 2.57 bits per heavy atom. The van der Waals surface area contributed by atoms with Gasteiger partial charge in [0, 0.05) is 6.21 Å². The fourth-order valence-corrected chi connectivity index (χ4v) is 1.99. The molecule has 0 unspecified atom stereocenters. The quantitative estimate of drug-likeness (QED) is 0.911. The highest BCUT2D eigenvalue weighted by atomic mass is 19.4. The fraction of sp³-hybridized carbons (Fsp3) is 0.143. The highest BCUT2D eigenvalue weighted by molar-refractivity contribution is 5.63. The van der Waals surface area contributed by atoms with E-state index in [1.54, 1.807) is 6.20 Å². The van der Waals surface area contributed by atoms with Crippen molar-refractivity contribution in [3.05, 3.63) is 54.2 Å². The van der Waals surface area contributed by atoms with Crippen LogP contribution in [0.1, 0.15) is 5.56 Å². The predicted molar refractivity (Wildman–Crippen MR) is 77.3 cm³/mol. The number of halogens is 3. The molecule has 1 aromatic carbocycles. The number of aliphatic imine (C=N–C) groups is 1. The summed E-state index contributed by atoms with van der Waals surface area (Å²) in [5, 5.41) is 17.6. The summed E-state index contributed by atoms with van der Waals surface area (Å²) in [6.07, 6.45) is 1.70. The van der Waals surface area contributed by atoms with E-state index in [4.69, 9.17) is 0 Å². The van der Waals surface area contributed by atoms with Crippen molar-refractivity contribution in [1.29, 1.82) is 0 Å². The molecule has 1 aliphatic heterocycles. The van der Waals surface area contributed by atoms with Crippen molar-refractivity contribution >= 4 is 11.9 Å². The number of nitrogens with one attached hydrogen (secondary N) is 1. The summed E-state index contributed by atoms with van der Waals surface area (Å²) in [4.78, 5) is 3.92. The van der Waals surface area contributed by atoms with Crippen LogP contribution in [0, 0.1) is 0 Å². The van der Waals surface area contributed by atoms with Crippen LogP contribution in [-0.4, -0.2) is 32.8 Å². The molecule has 3 rings (SSSR count). The Kier molecular flexibility index (Phi) is 3.78. The molecule has 120 valence electrons. The van der Waals surface area contributed by atoms with Gasteiger partial charge in [0.05, 0.1) is 42.1 Å². The van der Waals surface area contributed by atoms with Crippen molar-refractivity contribution in [3.8, 4) is 5.69 Å². The lowest BCUT2D eigenvalue weighted by Crippen LogP contribution is -2.27. The highest BCUT2D eigenvalue weighted by Crippen LogP contribution is 2.29. The molecule has 1 aliphatic rings. The van der Waals surface area contributed by atoms with Crippen molar-refractivity contribution < 1.29 is 18.4 Å². The summed E-state index contributed by atoms with van der Waals surface area (Å²) >= 11 is 0. The molecule has 0 spiro atoms. The minimum Gasteiger partial charge on any atom is -0.336 e. The zero-order valence-electron chi connectivity index (χ0n) is 11.7. The Bertz CT molecular complexity index is 749. The Balaban J connectivity index is 1.77. The van der Waals surface area contributed by atoms with Crippen molar-refractivity contribution in [2.45, 2.75) is 6.18 Å². The van der Waals surface area contributed by atoms with Crippen LogP contribution in [0.25, 0.3) is 5.69 Å². The molecular formula is C14H12F3N5O. The van der Waals surface area contributed by atoms with Gasteiger partial charge in [-0.1, -0.05) is 0 Å². The maximum absolute atomic E-state index is 12.5. The Morgan fingerprint density at radius 2 is 1.91 bits per heavy atom. The van der Waals surface area contributed by atoms with Gasteiger partial charge < -0.3 is 5.32 Å². The Labute approximate surface area is 129 Å². The number of alkyl halides is 3. The van der Waals surface area contributed by atoms with Crippen LogP contribution in [0.2, 0.25) is 0 Å². The number of aromatic nitrogens is 2. The molecule has 0 radical (unpaired) electrons. The van der Waals surface area contributed by atoms with Crippen molar-refractivity contribution in [2.24, 2.45) is 4.99 Å². The zero-order chi connectivity index (χ0) is 16.4. The fourth-order valence-electron chi connectivity index (χ4n) is 1.99. The molecular weight excluding hydrogens is 311 g/mol. The summed E-state index contributed by atoms with van der Waals surface area (Å²) in [6.45, 7) is 0.256. The third-order valence-electron chi connectivity index (χ3n) is 3.15. The van der Waals surface area contributed by atoms with E-state index in [9.17, 15) is 18.4 Å². The second-order valence-corrected chi connectivity index (χ2v) is 4.77. The van der Waals surface area contributed by atoms with Gasteiger partial charge in [-0.3, -0.25) is 10.2 Å². The van der Waals surface area contributed by atoms with E-state index in [1.807, 2.05) is 0 Å². The normalized spacial score (nSPS) is 14.8. The number of nitrogens with zero attached hydrogens (tertiary/aromatic N) is 4. The molecule has 2 N–H and O–H groups in total. The number of rotatable bonds is 3. The van der Waals surface area contributed by atoms with Crippen LogP contribution in [0.5, 0.6) is 0 Å². The molecule has 2 aromatic rings. The molecule has 0 bridgehead atoms. The molecule has 0 aliphatic carbocycles. The van der Waals surface area contributed by atoms with Gasteiger partial charge in [-0.25, -0.2) is 9.75 Å². The molecule has 0 saturated heterocycles. The minimum absolute atomic E-state index is 0.256. The van der Waals surface area contributed by atoms with E-state index in [-0.39, 0.29) is 6.54 Å². The van der Waals surface area contributed by atoms with Crippen LogP contribution in [-0.2, 0) is 6.18 Å². The van der Waals surface area contributed by atoms with Gasteiger partial charge in [0.15, 0.2) is 0 Å². The summed E-state index contributed by atoms with van der Waals surface area (Å²) in [6, 6.07) is 4.67. The van der Waals surface area contributed by atoms with E-state index in [0.29, 0.717) is 17.2 Å². The molecule has 2 heterocycles. The number of hydrogen-bond donors (Lipinski definition) is 2. The first-order valence-electron chi connectivity index (χ1n) is 6.61. The smallest absolute Gasteiger partial charge is 0.336 e. The molecule has 1 aromatic heterocycles. The third-order valence-corrected chi connectivity index (χ3v) is 3.15. The van der Waals surface area contributed by atoms with Crippen molar-refractivity contribution in [2.75, 3.05) is 11.9 Å². The maximum Gasteiger partial charge on any atom is 0.416 e. The molecule has 0 fully saturated rings. The van der Waals surface area contributed by atoms with E-state index in [2.05, 4.69) is 15.4 Å². The molecule has 6 nitrogen and oxygen atoms in total. The monoisotopic (exact) mass is 323 g/mol. The minimum atomic E-state index is -4.37. The van der Waals surface area contributed by atoms with Crippen molar-refractivity contribution in [1.82, 2.24) is 14.8 Å². The van der Waals surface area contributed by atoms with Gasteiger partial charge in [0.1, 0.15) is 5.82 Å². The Morgan fingerprint density at radius 1 is 1.17 bits per heavy atom. The van der Waals surface area contributed by atoms with Gasteiger partial charge in [0.2, 0.25) is 0 Å². The number of benzene rings is 1. The van der Waals surface area contributed by atoms with E-state index >= 15 is 0 Å². The lowest BCUT2D eigenvalue weighted by Gasteiger charge is -2.20. The van der Waals surface area contributed by atoms with Gasteiger partial charge in [-0.2, -0.15) is 18.3 Å². The summed E-state index contributed by atoms with van der Waals surface area (Å²) in [5.41, 5.74) is 0.336. The first-order valence-corrected chi connectivity index (χ1v) is 6.61. The highest BCUT2D eigenvalue weighted by Gasteiger charge is 2.30. The molecule has 23 heavy (non-hydrogen) atoms. The average molecular weight is 323 g/mol. The van der Waals surface area contributed by atoms with Crippen LogP contribution in [0.15, 0.2) is 53.7 Å². The van der Waals surface area contributed by atoms with Gasteiger partial charge in [-0.15, -0.1) is 0 Å². The van der Waals surface area contributed by atoms with E-state index in [0.717, 1.165) is 17.2 Å². The SMILES string of the molecule is ON1CC=NC=C1Nc1cnn(-c2ccc(C(F)(F)F)cc2)c1. The van der Waals surface area contributed by atoms with Crippen LogP contribution < -0.4 is 5.32 Å². The molecule has 0 amide bonds. The van der Waals surface area contributed by atoms with Crippen LogP contribution in [0.4, 0.5) is 18.9 Å². The van der Waals surface area contributed by atoms with Crippen LogP contribution in [0.3, 0.4) is 0 Å². The zero-order valence-corrected chi connectivity index (χ0v) is 11.7. The molecule has 0 saturated carbocycles. The molecule has 9 heteroatoms. The second kappa shape index (κ2) is 5.76. The lowest BCUT2D eigenvalue weighted by molar-refractivity contribution is -0.137.